The van der Waals surface area contributed by atoms with Crippen LogP contribution in [0.4, 0.5) is 8.78 Å². The quantitative estimate of drug-likeness (QED) is 0.834. The van der Waals surface area contributed by atoms with Crippen LogP contribution in [0.1, 0.15) is 42.6 Å². The second-order valence-corrected chi connectivity index (χ2v) is 6.09. The van der Waals surface area contributed by atoms with Gasteiger partial charge in [-0.25, -0.2) is 18.6 Å². The zero-order valence-electron chi connectivity index (χ0n) is 12.8. The lowest BCUT2D eigenvalue weighted by Gasteiger charge is -2.26. The molecule has 0 unspecified atom stereocenters. The minimum absolute atomic E-state index is 0.0870. The van der Waals surface area contributed by atoms with E-state index >= 15 is 0 Å². The molecule has 1 aromatic rings. The molecule has 4 nitrogen and oxygen atoms in total. The minimum atomic E-state index is -2.59. The summed E-state index contributed by atoms with van der Waals surface area (Å²) in [6, 6.07) is 1.42. The first kappa shape index (κ1) is 15.9. The number of aliphatic imine (C=N–C) groups is 1. The van der Waals surface area contributed by atoms with Crippen LogP contribution < -0.4 is 5.63 Å². The molecule has 6 heteroatoms. The Bertz CT molecular complexity index is 690. The first-order valence-electron chi connectivity index (χ1n) is 7.86. The third kappa shape index (κ3) is 3.68. The molecule has 0 atom stereocenters. The lowest BCUT2D eigenvalue weighted by atomic mass is 9.81. The smallest absolute Gasteiger partial charge is 0.336 e. The monoisotopic (exact) mass is 323 g/mol. The summed E-state index contributed by atoms with van der Waals surface area (Å²) >= 11 is 0. The Kier molecular flexibility index (Phi) is 4.59. The number of nitrogens with zero attached hydrogens (tertiary/aromatic N) is 1. The number of hydrogen-bond donors (Lipinski definition) is 0. The number of fused-ring (bicyclic) bond motifs is 1. The minimum Gasteiger partial charge on any atom is -0.471 e. The Labute approximate surface area is 132 Å². The van der Waals surface area contributed by atoms with Crippen LogP contribution in [0, 0.1) is 5.92 Å². The Morgan fingerprint density at radius 2 is 2.22 bits per heavy atom. The van der Waals surface area contributed by atoms with E-state index in [2.05, 4.69) is 11.6 Å². The van der Waals surface area contributed by atoms with Crippen molar-refractivity contribution in [1.82, 2.24) is 0 Å². The summed E-state index contributed by atoms with van der Waals surface area (Å²) in [5.41, 5.74) is 1.32. The highest BCUT2D eigenvalue weighted by Crippen LogP contribution is 2.32. The van der Waals surface area contributed by atoms with Crippen LogP contribution in [0.2, 0.25) is 0 Å². The van der Waals surface area contributed by atoms with Gasteiger partial charge >= 0.3 is 5.63 Å². The van der Waals surface area contributed by atoms with Gasteiger partial charge in [-0.1, -0.05) is 25.8 Å². The number of alkyl halides is 2. The van der Waals surface area contributed by atoms with E-state index in [9.17, 15) is 13.6 Å². The highest BCUT2D eigenvalue weighted by molar-refractivity contribution is 5.98. The summed E-state index contributed by atoms with van der Waals surface area (Å²) in [5.74, 6) is 1.17. The van der Waals surface area contributed by atoms with Gasteiger partial charge in [0.15, 0.2) is 6.61 Å². The Balaban J connectivity index is 1.90. The molecule has 23 heavy (non-hydrogen) atoms. The molecule has 1 aliphatic heterocycles. The van der Waals surface area contributed by atoms with Gasteiger partial charge in [-0.2, -0.15) is 0 Å². The highest BCUT2D eigenvalue weighted by atomic mass is 19.3. The zero-order valence-corrected chi connectivity index (χ0v) is 12.8. The maximum atomic E-state index is 12.5. The molecule has 1 fully saturated rings. The topological polar surface area (TPSA) is 51.8 Å². The van der Waals surface area contributed by atoms with Gasteiger partial charge in [-0.3, -0.25) is 0 Å². The number of hydrogen-bond acceptors (Lipinski definition) is 4. The molecular weight excluding hydrogens is 304 g/mol. The van der Waals surface area contributed by atoms with Crippen molar-refractivity contribution in [1.29, 1.82) is 0 Å². The zero-order chi connectivity index (χ0) is 16.4. The maximum absolute atomic E-state index is 12.5. The third-order valence-electron chi connectivity index (χ3n) is 4.35. The summed E-state index contributed by atoms with van der Waals surface area (Å²) in [6.07, 6.45) is 3.05. The van der Waals surface area contributed by atoms with Crippen molar-refractivity contribution in [2.75, 3.05) is 6.61 Å². The molecule has 1 aromatic heterocycles. The first-order valence-corrected chi connectivity index (χ1v) is 7.86. The predicted octanol–water partition coefficient (Wildman–Crippen LogP) is 3.47. The summed E-state index contributed by atoms with van der Waals surface area (Å²) in [5, 5.41) is 0. The van der Waals surface area contributed by atoms with Crippen molar-refractivity contribution < 1.29 is 17.9 Å². The van der Waals surface area contributed by atoms with Gasteiger partial charge in [0.05, 0.1) is 5.56 Å². The van der Waals surface area contributed by atoms with Crippen molar-refractivity contribution >= 4 is 5.90 Å². The van der Waals surface area contributed by atoms with E-state index in [1.54, 1.807) is 0 Å². The maximum Gasteiger partial charge on any atom is 0.336 e. The largest absolute Gasteiger partial charge is 0.471 e. The van der Waals surface area contributed by atoms with E-state index in [0.29, 0.717) is 35.8 Å². The molecule has 0 radical (unpaired) electrons. The Morgan fingerprint density at radius 1 is 1.43 bits per heavy atom. The standard InChI is InChI=1S/C17H19F2NO3/c1-10-7-13-16(17(20-10)22-9-14(18)19)12(8-15(21)23-13)6-5-11-3-2-4-11/h8,11,14H,1-7,9H2. The van der Waals surface area contributed by atoms with E-state index < -0.39 is 18.7 Å². The van der Waals surface area contributed by atoms with Crippen molar-refractivity contribution in [2.24, 2.45) is 10.9 Å². The molecule has 124 valence electrons. The molecule has 2 aliphatic rings. The van der Waals surface area contributed by atoms with Gasteiger partial charge in [-0.15, -0.1) is 0 Å². The second kappa shape index (κ2) is 6.64. The van der Waals surface area contributed by atoms with Crippen LogP contribution in [0.5, 0.6) is 0 Å². The number of halogens is 2. The number of ether oxygens (including phenoxy) is 1. The Hall–Kier alpha value is -1.98. The van der Waals surface area contributed by atoms with Crippen molar-refractivity contribution in [2.45, 2.75) is 45.0 Å². The summed E-state index contributed by atoms with van der Waals surface area (Å²) < 4.78 is 35.3. The molecule has 1 saturated carbocycles. The average Bonchev–Trinajstić information content (AvgIpc) is 2.41. The highest BCUT2D eigenvalue weighted by Gasteiger charge is 2.26. The van der Waals surface area contributed by atoms with Crippen molar-refractivity contribution in [3.63, 3.8) is 0 Å². The molecule has 2 heterocycles. The summed E-state index contributed by atoms with van der Waals surface area (Å²) in [7, 11) is 0. The van der Waals surface area contributed by atoms with Gasteiger partial charge in [0.2, 0.25) is 5.90 Å². The van der Waals surface area contributed by atoms with E-state index in [1.807, 2.05) is 0 Å². The van der Waals surface area contributed by atoms with E-state index in [4.69, 9.17) is 9.15 Å². The molecule has 0 aromatic carbocycles. The third-order valence-corrected chi connectivity index (χ3v) is 4.35. The molecule has 0 bridgehead atoms. The SMILES string of the molecule is C=C1Cc2oc(=O)cc(CCC3CCC3)c2C(OCC(F)F)=N1. The fourth-order valence-corrected chi connectivity index (χ4v) is 2.99. The van der Waals surface area contributed by atoms with Gasteiger partial charge in [0.25, 0.3) is 6.43 Å². The van der Waals surface area contributed by atoms with Crippen LogP contribution in [0.25, 0.3) is 0 Å². The van der Waals surface area contributed by atoms with Gasteiger partial charge < -0.3 is 9.15 Å². The van der Waals surface area contributed by atoms with Crippen LogP contribution >= 0.6 is 0 Å². The van der Waals surface area contributed by atoms with E-state index in [0.717, 1.165) is 12.0 Å². The second-order valence-electron chi connectivity index (χ2n) is 6.09. The molecule has 1 aliphatic carbocycles. The summed E-state index contributed by atoms with van der Waals surface area (Å²) in [6.45, 7) is 2.99. The Morgan fingerprint density at radius 3 is 2.87 bits per heavy atom. The first-order chi connectivity index (χ1) is 11.0. The lowest BCUT2D eigenvalue weighted by Crippen LogP contribution is -2.23. The molecule has 0 spiro atoms. The number of aryl methyl sites for hydroxylation is 1. The molecular formula is C17H19F2NO3. The van der Waals surface area contributed by atoms with Crippen LogP contribution in [0.15, 0.2) is 32.5 Å². The fourth-order valence-electron chi connectivity index (χ4n) is 2.99. The van der Waals surface area contributed by atoms with Gasteiger partial charge in [0.1, 0.15) is 5.76 Å². The van der Waals surface area contributed by atoms with E-state index in [-0.39, 0.29) is 5.90 Å². The van der Waals surface area contributed by atoms with Crippen LogP contribution in [-0.4, -0.2) is 18.9 Å². The molecule has 0 saturated heterocycles. The molecule has 3 rings (SSSR count). The molecule has 0 N–H and O–H groups in total. The number of allylic oxidation sites excluding steroid dienone is 1. The lowest BCUT2D eigenvalue weighted by molar-refractivity contribution is 0.0763. The van der Waals surface area contributed by atoms with Crippen molar-refractivity contribution in [3.8, 4) is 0 Å². The fraction of sp³-hybridized carbons (Fsp3) is 0.529. The number of rotatable bonds is 5. The van der Waals surface area contributed by atoms with Crippen LogP contribution in [0.3, 0.4) is 0 Å². The van der Waals surface area contributed by atoms with Crippen molar-refractivity contribution in [3.05, 3.63) is 45.6 Å². The van der Waals surface area contributed by atoms with Crippen LogP contribution in [-0.2, 0) is 17.6 Å². The molecule has 0 amide bonds. The summed E-state index contributed by atoms with van der Waals surface area (Å²) in [4.78, 5) is 15.9. The average molecular weight is 323 g/mol. The van der Waals surface area contributed by atoms with Gasteiger partial charge in [-0.05, 0) is 24.3 Å². The van der Waals surface area contributed by atoms with E-state index in [1.165, 1.54) is 25.3 Å². The van der Waals surface area contributed by atoms with Gasteiger partial charge in [0, 0.05) is 18.2 Å². The normalized spacial score (nSPS) is 17.7. The predicted molar refractivity (Wildman–Crippen MR) is 82.0 cm³/mol.